The summed E-state index contributed by atoms with van der Waals surface area (Å²) < 4.78 is 5.97. The second-order valence-corrected chi connectivity index (χ2v) is 5.84. The zero-order valence-electron chi connectivity index (χ0n) is 11.6. The van der Waals surface area contributed by atoms with Crippen molar-refractivity contribution in [2.24, 2.45) is 0 Å². The van der Waals surface area contributed by atoms with Crippen LogP contribution in [0.5, 0.6) is 5.75 Å². The molecule has 0 aromatic carbocycles. The van der Waals surface area contributed by atoms with Gasteiger partial charge in [-0.2, -0.15) is 0 Å². The number of rotatable bonds is 1. The summed E-state index contributed by atoms with van der Waals surface area (Å²) in [5, 5.41) is 9.28. The van der Waals surface area contributed by atoms with Crippen molar-refractivity contribution in [1.82, 2.24) is 9.88 Å². The first kappa shape index (κ1) is 12.4. The molecule has 1 aromatic heterocycles. The molecular weight excluding hydrogens is 268 g/mol. The SMILES string of the molecule is O=C(O)C1=CN2C(=CC1)c1ncccc1OCC21CCC1. The summed E-state index contributed by atoms with van der Waals surface area (Å²) in [6.07, 6.45) is 9.09. The molecule has 1 N–H and O–H groups in total. The van der Waals surface area contributed by atoms with Gasteiger partial charge in [0, 0.05) is 18.8 Å². The van der Waals surface area contributed by atoms with Gasteiger partial charge in [-0.1, -0.05) is 6.08 Å². The van der Waals surface area contributed by atoms with Crippen LogP contribution in [0.1, 0.15) is 31.4 Å². The molecule has 21 heavy (non-hydrogen) atoms. The number of ether oxygens (including phenoxy) is 1. The summed E-state index contributed by atoms with van der Waals surface area (Å²) >= 11 is 0. The van der Waals surface area contributed by atoms with Gasteiger partial charge in [-0.25, -0.2) is 4.79 Å². The number of hydrogen-bond donors (Lipinski definition) is 1. The van der Waals surface area contributed by atoms with E-state index in [0.29, 0.717) is 18.6 Å². The van der Waals surface area contributed by atoms with Crippen molar-refractivity contribution in [1.29, 1.82) is 0 Å². The third kappa shape index (κ3) is 1.77. The average molecular weight is 284 g/mol. The molecular formula is C16H16N2O3. The Hall–Kier alpha value is -2.30. The Morgan fingerprint density at radius 3 is 3.00 bits per heavy atom. The number of aliphatic carboxylic acids is 1. The second-order valence-electron chi connectivity index (χ2n) is 5.84. The Bertz CT molecular complexity index is 674. The largest absolute Gasteiger partial charge is 0.489 e. The lowest BCUT2D eigenvalue weighted by atomic mass is 9.75. The molecule has 5 heteroatoms. The van der Waals surface area contributed by atoms with Crippen LogP contribution in [-0.4, -0.2) is 33.1 Å². The van der Waals surface area contributed by atoms with E-state index in [0.717, 1.165) is 36.4 Å². The van der Waals surface area contributed by atoms with E-state index in [9.17, 15) is 9.90 Å². The highest BCUT2D eigenvalue weighted by Gasteiger charge is 2.47. The maximum absolute atomic E-state index is 11.3. The normalized spacial score (nSPS) is 22.0. The molecule has 0 unspecified atom stereocenters. The van der Waals surface area contributed by atoms with Crippen molar-refractivity contribution in [3.8, 4) is 5.75 Å². The molecule has 2 aliphatic heterocycles. The van der Waals surface area contributed by atoms with Gasteiger partial charge in [0.05, 0.1) is 16.8 Å². The Labute approximate surface area is 122 Å². The number of hydrogen-bond acceptors (Lipinski definition) is 4. The molecule has 1 aliphatic carbocycles. The summed E-state index contributed by atoms with van der Waals surface area (Å²) in [6.45, 7) is 0.576. The molecule has 0 atom stereocenters. The maximum Gasteiger partial charge on any atom is 0.333 e. The van der Waals surface area contributed by atoms with Gasteiger partial charge in [0.25, 0.3) is 0 Å². The Morgan fingerprint density at radius 2 is 2.29 bits per heavy atom. The lowest BCUT2D eigenvalue weighted by Crippen LogP contribution is -2.54. The van der Waals surface area contributed by atoms with Gasteiger partial charge in [0.2, 0.25) is 0 Å². The number of nitrogens with zero attached hydrogens (tertiary/aromatic N) is 2. The smallest absolute Gasteiger partial charge is 0.333 e. The standard InChI is InChI=1S/C16H16N2O3/c19-15(20)11-4-5-12-14-13(3-1-8-17-14)21-10-16(6-2-7-16)18(12)9-11/h1,3,5,8-9H,2,4,6-7,10H2,(H,19,20). The summed E-state index contributed by atoms with van der Waals surface area (Å²) in [6, 6.07) is 3.79. The fourth-order valence-corrected chi connectivity index (χ4v) is 3.28. The summed E-state index contributed by atoms with van der Waals surface area (Å²) in [7, 11) is 0. The van der Waals surface area contributed by atoms with Crippen LogP contribution in [0.25, 0.3) is 5.70 Å². The maximum atomic E-state index is 11.3. The molecule has 3 aliphatic rings. The van der Waals surface area contributed by atoms with E-state index < -0.39 is 5.97 Å². The van der Waals surface area contributed by atoms with Gasteiger partial charge in [-0.15, -0.1) is 0 Å². The lowest BCUT2D eigenvalue weighted by molar-refractivity contribution is -0.132. The number of carbonyl (C=O) groups is 1. The fraction of sp³-hybridized carbons (Fsp3) is 0.375. The van der Waals surface area contributed by atoms with Crippen molar-refractivity contribution in [2.75, 3.05) is 6.61 Å². The molecule has 4 rings (SSSR count). The first-order valence-electron chi connectivity index (χ1n) is 7.21. The minimum atomic E-state index is -0.855. The van der Waals surface area contributed by atoms with Crippen LogP contribution in [0.2, 0.25) is 0 Å². The van der Waals surface area contributed by atoms with Gasteiger partial charge in [-0.05, 0) is 31.4 Å². The zero-order chi connectivity index (χ0) is 14.4. The van der Waals surface area contributed by atoms with Crippen LogP contribution in [-0.2, 0) is 4.79 Å². The molecule has 1 saturated carbocycles. The topological polar surface area (TPSA) is 62.7 Å². The number of aromatic nitrogens is 1. The third-order valence-corrected chi connectivity index (χ3v) is 4.64. The quantitative estimate of drug-likeness (QED) is 0.858. The van der Waals surface area contributed by atoms with Gasteiger partial charge in [0.1, 0.15) is 18.1 Å². The number of carboxylic acids is 1. The van der Waals surface area contributed by atoms with E-state index in [2.05, 4.69) is 9.88 Å². The predicted molar refractivity (Wildman–Crippen MR) is 76.5 cm³/mol. The van der Waals surface area contributed by atoms with E-state index in [4.69, 9.17) is 4.74 Å². The molecule has 3 heterocycles. The van der Waals surface area contributed by atoms with Crippen molar-refractivity contribution in [3.05, 3.63) is 41.9 Å². The number of carboxylic acid groups (broad SMARTS) is 1. The zero-order valence-corrected chi connectivity index (χ0v) is 11.6. The average Bonchev–Trinajstić information content (AvgIpc) is 2.61. The number of fused-ring (bicyclic) bond motifs is 4. The minimum absolute atomic E-state index is 0.117. The lowest BCUT2D eigenvalue weighted by Gasteiger charge is -2.49. The predicted octanol–water partition coefficient (Wildman–Crippen LogP) is 2.41. The fourth-order valence-electron chi connectivity index (χ4n) is 3.28. The first-order chi connectivity index (χ1) is 10.2. The van der Waals surface area contributed by atoms with Crippen molar-refractivity contribution >= 4 is 11.7 Å². The third-order valence-electron chi connectivity index (χ3n) is 4.64. The van der Waals surface area contributed by atoms with Crippen molar-refractivity contribution < 1.29 is 14.6 Å². The Balaban J connectivity index is 1.85. The van der Waals surface area contributed by atoms with E-state index >= 15 is 0 Å². The molecule has 1 fully saturated rings. The van der Waals surface area contributed by atoms with E-state index in [-0.39, 0.29) is 5.54 Å². The van der Waals surface area contributed by atoms with Gasteiger partial charge in [0.15, 0.2) is 0 Å². The van der Waals surface area contributed by atoms with Crippen LogP contribution in [0, 0.1) is 0 Å². The van der Waals surface area contributed by atoms with Crippen molar-refractivity contribution in [2.45, 2.75) is 31.2 Å². The molecule has 0 amide bonds. The van der Waals surface area contributed by atoms with Crippen LogP contribution in [0.15, 0.2) is 36.2 Å². The van der Waals surface area contributed by atoms with Gasteiger partial charge in [-0.3, -0.25) is 4.98 Å². The molecule has 1 spiro atoms. The number of pyridine rings is 1. The second kappa shape index (κ2) is 4.35. The molecule has 0 bridgehead atoms. The van der Waals surface area contributed by atoms with Crippen LogP contribution >= 0.6 is 0 Å². The van der Waals surface area contributed by atoms with Gasteiger partial charge < -0.3 is 14.7 Å². The minimum Gasteiger partial charge on any atom is -0.489 e. The monoisotopic (exact) mass is 284 g/mol. The van der Waals surface area contributed by atoms with Gasteiger partial charge >= 0.3 is 5.97 Å². The van der Waals surface area contributed by atoms with Crippen LogP contribution in [0.3, 0.4) is 0 Å². The number of allylic oxidation sites excluding steroid dienone is 1. The Kier molecular flexibility index (Phi) is 2.58. The summed E-state index contributed by atoms with van der Waals surface area (Å²) in [5.41, 5.74) is 2.09. The van der Waals surface area contributed by atoms with E-state index in [1.54, 1.807) is 12.4 Å². The summed E-state index contributed by atoms with van der Waals surface area (Å²) in [5.74, 6) is -0.0733. The molecule has 5 nitrogen and oxygen atoms in total. The molecule has 0 radical (unpaired) electrons. The van der Waals surface area contributed by atoms with E-state index in [1.165, 1.54) is 0 Å². The summed E-state index contributed by atoms with van der Waals surface area (Å²) in [4.78, 5) is 17.9. The Morgan fingerprint density at radius 1 is 1.43 bits per heavy atom. The van der Waals surface area contributed by atoms with E-state index in [1.807, 2.05) is 18.2 Å². The van der Waals surface area contributed by atoms with Crippen LogP contribution < -0.4 is 4.74 Å². The molecule has 1 aromatic rings. The molecule has 108 valence electrons. The highest BCUT2D eigenvalue weighted by Crippen LogP contribution is 2.47. The first-order valence-corrected chi connectivity index (χ1v) is 7.21. The highest BCUT2D eigenvalue weighted by atomic mass is 16.5. The molecule has 0 saturated heterocycles. The highest BCUT2D eigenvalue weighted by molar-refractivity contribution is 5.88. The van der Waals surface area contributed by atoms with Crippen molar-refractivity contribution in [3.63, 3.8) is 0 Å². The van der Waals surface area contributed by atoms with Crippen LogP contribution in [0.4, 0.5) is 0 Å².